The Morgan fingerprint density at radius 2 is 1.63 bits per heavy atom. The topological polar surface area (TPSA) is 89.9 Å². The highest BCUT2D eigenvalue weighted by atomic mass is 16.5. The van der Waals surface area contributed by atoms with E-state index in [-0.39, 0.29) is 46.4 Å². The van der Waals surface area contributed by atoms with E-state index in [1.807, 2.05) is 13.8 Å². The Morgan fingerprint density at radius 3 is 2.27 bits per heavy atom. The van der Waals surface area contributed by atoms with Gasteiger partial charge in [0, 0.05) is 11.8 Å². The molecule has 0 aromatic rings. The lowest BCUT2D eigenvalue weighted by molar-refractivity contribution is -0.180. The first kappa shape index (κ1) is 30.3. The monoisotopic (exact) mass is 566 g/mol. The summed E-state index contributed by atoms with van der Waals surface area (Å²) in [6.45, 7) is 15.1. The zero-order valence-corrected chi connectivity index (χ0v) is 26.4. The van der Waals surface area contributed by atoms with Gasteiger partial charge in [-0.1, -0.05) is 52.3 Å². The second-order valence-corrected chi connectivity index (χ2v) is 15.4. The molecule has 0 amide bonds. The van der Waals surface area contributed by atoms with E-state index >= 15 is 0 Å². The van der Waals surface area contributed by atoms with Gasteiger partial charge in [0.15, 0.2) is 11.9 Å². The van der Waals surface area contributed by atoms with Gasteiger partial charge < -0.3 is 14.6 Å². The number of carbonyl (C=O) groups is 3. The summed E-state index contributed by atoms with van der Waals surface area (Å²) < 4.78 is 11.0. The minimum atomic E-state index is -1.03. The second-order valence-electron chi connectivity index (χ2n) is 15.4. The zero-order chi connectivity index (χ0) is 30.2. The van der Waals surface area contributed by atoms with Crippen LogP contribution in [0.15, 0.2) is 34.9 Å². The number of aliphatic hydroxyl groups is 1. The molecule has 6 heteroatoms. The van der Waals surface area contributed by atoms with E-state index in [1.54, 1.807) is 6.08 Å². The molecule has 5 aliphatic rings. The number of esters is 2. The number of hydrogen-bond acceptors (Lipinski definition) is 6. The highest BCUT2D eigenvalue weighted by molar-refractivity contribution is 5.99. The molecule has 3 saturated carbocycles. The Morgan fingerprint density at radius 1 is 0.951 bits per heavy atom. The minimum absolute atomic E-state index is 0.0237. The van der Waals surface area contributed by atoms with Crippen LogP contribution in [-0.4, -0.2) is 42.6 Å². The van der Waals surface area contributed by atoms with Crippen molar-refractivity contribution < 1.29 is 29.0 Å². The van der Waals surface area contributed by atoms with Crippen molar-refractivity contribution in [1.82, 2.24) is 0 Å². The van der Waals surface area contributed by atoms with E-state index in [1.165, 1.54) is 12.7 Å². The molecule has 8 atom stereocenters. The Bertz CT molecular complexity index is 1260. The minimum Gasteiger partial charge on any atom is -0.469 e. The van der Waals surface area contributed by atoms with Gasteiger partial charge in [-0.3, -0.25) is 14.4 Å². The van der Waals surface area contributed by atoms with Crippen LogP contribution in [0.2, 0.25) is 0 Å². The van der Waals surface area contributed by atoms with Crippen molar-refractivity contribution in [1.29, 1.82) is 0 Å². The third kappa shape index (κ3) is 4.02. The summed E-state index contributed by atoms with van der Waals surface area (Å²) in [5.74, 6) is -0.367. The van der Waals surface area contributed by atoms with E-state index in [2.05, 4.69) is 46.8 Å². The van der Waals surface area contributed by atoms with Gasteiger partial charge in [0.05, 0.1) is 24.5 Å². The summed E-state index contributed by atoms with van der Waals surface area (Å²) in [5, 5.41) is 10.7. The number of ketones is 1. The third-order valence-corrected chi connectivity index (χ3v) is 13.1. The number of fused-ring (bicyclic) bond motifs is 7. The maximum absolute atomic E-state index is 13.6. The average molecular weight is 567 g/mol. The zero-order valence-electron chi connectivity index (χ0n) is 26.4. The predicted molar refractivity (Wildman–Crippen MR) is 158 cm³/mol. The lowest BCUT2D eigenvalue weighted by atomic mass is 9.34. The first-order valence-electron chi connectivity index (χ1n) is 15.7. The van der Waals surface area contributed by atoms with Crippen LogP contribution < -0.4 is 0 Å². The molecule has 41 heavy (non-hydrogen) atoms. The van der Waals surface area contributed by atoms with Crippen molar-refractivity contribution >= 4 is 17.7 Å². The number of methoxy groups -OCH3 is 1. The van der Waals surface area contributed by atoms with Crippen LogP contribution >= 0.6 is 0 Å². The number of aliphatic hydroxyl groups excluding tert-OH is 1. The molecule has 0 aromatic heterocycles. The molecular weight excluding hydrogens is 516 g/mol. The predicted octanol–water partition coefficient (Wildman–Crippen LogP) is 6.66. The Kier molecular flexibility index (Phi) is 7.12. The molecule has 1 N–H and O–H groups in total. The summed E-state index contributed by atoms with van der Waals surface area (Å²) in [6.07, 6.45) is 12.7. The lowest BCUT2D eigenvalue weighted by Crippen LogP contribution is -2.62. The van der Waals surface area contributed by atoms with E-state index in [0.29, 0.717) is 12.3 Å². The molecule has 0 radical (unpaired) electrons. The Balaban J connectivity index is 1.59. The summed E-state index contributed by atoms with van der Waals surface area (Å²) in [6, 6.07) is 0. The fraction of sp³-hybridized carbons (Fsp3) is 0.743. The van der Waals surface area contributed by atoms with E-state index in [0.717, 1.165) is 56.1 Å². The van der Waals surface area contributed by atoms with Crippen LogP contribution in [0.25, 0.3) is 0 Å². The van der Waals surface area contributed by atoms with E-state index in [4.69, 9.17) is 9.47 Å². The van der Waals surface area contributed by atoms with Gasteiger partial charge in [-0.15, -0.1) is 0 Å². The second kappa shape index (κ2) is 9.65. The van der Waals surface area contributed by atoms with Gasteiger partial charge in [0.1, 0.15) is 0 Å². The lowest BCUT2D eigenvalue weighted by Gasteiger charge is -2.70. The SMILES string of the molecule is CCCC(=O)O[C@H]1C(=O)C=C2C(=CC=C3[C@@]2(C)CC[C@@]2(C)[C@@H]4C[C@](C)(C(=O)OC)CC[C@]4(C)CC[C@]32C)[C@]1(C)CO. The number of ether oxygens (including phenoxy) is 2. The highest BCUT2D eigenvalue weighted by Crippen LogP contribution is 2.75. The van der Waals surface area contributed by atoms with Crippen molar-refractivity contribution in [3.63, 3.8) is 0 Å². The number of allylic oxidation sites excluding steroid dienone is 4. The van der Waals surface area contributed by atoms with Crippen LogP contribution in [-0.2, 0) is 23.9 Å². The van der Waals surface area contributed by atoms with E-state index < -0.39 is 22.9 Å². The quantitative estimate of drug-likeness (QED) is 0.374. The fourth-order valence-corrected chi connectivity index (χ4v) is 9.97. The van der Waals surface area contributed by atoms with Gasteiger partial charge in [0.25, 0.3) is 0 Å². The van der Waals surface area contributed by atoms with E-state index in [9.17, 15) is 19.5 Å². The molecule has 5 aliphatic carbocycles. The summed E-state index contributed by atoms with van der Waals surface area (Å²) in [5.41, 5.74) is 1.43. The highest BCUT2D eigenvalue weighted by Gasteiger charge is 2.68. The molecule has 0 aliphatic heterocycles. The molecule has 0 aromatic carbocycles. The molecule has 0 saturated heterocycles. The number of carbonyl (C=O) groups excluding carboxylic acids is 3. The van der Waals surface area contributed by atoms with Crippen molar-refractivity contribution in [2.45, 2.75) is 112 Å². The smallest absolute Gasteiger partial charge is 0.311 e. The van der Waals surface area contributed by atoms with Gasteiger partial charge in [-0.05, 0) is 105 Å². The van der Waals surface area contributed by atoms with Crippen molar-refractivity contribution in [2.75, 3.05) is 13.7 Å². The van der Waals surface area contributed by atoms with Crippen molar-refractivity contribution in [3.05, 3.63) is 34.9 Å². The van der Waals surface area contributed by atoms with Crippen LogP contribution in [0.4, 0.5) is 0 Å². The first-order chi connectivity index (χ1) is 19.1. The largest absolute Gasteiger partial charge is 0.469 e. The fourth-order valence-electron chi connectivity index (χ4n) is 9.97. The molecule has 5 rings (SSSR count). The molecule has 0 unspecified atom stereocenters. The number of rotatable bonds is 5. The molecular formula is C35H50O6. The standard InChI is InChI=1S/C35H50O6/c1-9-10-27(38)41-28-24(37)19-23-22(33(28,5)21-36)11-12-25-32(23,4)16-18-35(7)26-20-31(3,29(39)40-8)14-13-30(26,2)15-17-34(25,35)6/h11-12,19,26,28,36H,9-10,13-18,20-21H2,1-8H3/t26-,28+,30-,31-,32+,33+,34-,35+/m1/s1. The van der Waals surface area contributed by atoms with Crippen LogP contribution in [0, 0.1) is 38.4 Å². The molecule has 3 fully saturated rings. The third-order valence-electron chi connectivity index (χ3n) is 13.1. The van der Waals surface area contributed by atoms with Gasteiger partial charge in [-0.2, -0.15) is 0 Å². The molecule has 0 bridgehead atoms. The Hall–Kier alpha value is -2.21. The van der Waals surface area contributed by atoms with Crippen LogP contribution in [0.5, 0.6) is 0 Å². The normalized spacial score (nSPS) is 45.1. The maximum atomic E-state index is 13.6. The van der Waals surface area contributed by atoms with Crippen molar-refractivity contribution in [3.8, 4) is 0 Å². The molecule has 6 nitrogen and oxygen atoms in total. The maximum Gasteiger partial charge on any atom is 0.311 e. The molecule has 0 spiro atoms. The summed E-state index contributed by atoms with van der Waals surface area (Å²) in [4.78, 5) is 39.1. The van der Waals surface area contributed by atoms with Crippen LogP contribution in [0.3, 0.4) is 0 Å². The average Bonchev–Trinajstić information content (AvgIpc) is 2.93. The van der Waals surface area contributed by atoms with Crippen LogP contribution in [0.1, 0.15) is 106 Å². The van der Waals surface area contributed by atoms with Gasteiger partial charge >= 0.3 is 11.9 Å². The first-order valence-corrected chi connectivity index (χ1v) is 15.7. The molecule has 0 heterocycles. The van der Waals surface area contributed by atoms with Gasteiger partial charge in [0.2, 0.25) is 0 Å². The summed E-state index contributed by atoms with van der Waals surface area (Å²) in [7, 11) is 1.51. The Labute approximate surface area is 246 Å². The number of hydrogen-bond donors (Lipinski definition) is 1. The molecule has 226 valence electrons. The van der Waals surface area contributed by atoms with Gasteiger partial charge in [-0.25, -0.2) is 0 Å². The van der Waals surface area contributed by atoms with Crippen molar-refractivity contribution in [2.24, 2.45) is 38.4 Å². The summed E-state index contributed by atoms with van der Waals surface area (Å²) >= 11 is 0.